The predicted octanol–water partition coefficient (Wildman–Crippen LogP) is 2.68. The second kappa shape index (κ2) is 3.37. The fourth-order valence-corrected chi connectivity index (χ4v) is 5.08. The maximum Gasteiger partial charge on any atom is 0.360 e. The van der Waals surface area contributed by atoms with Crippen LogP contribution in [0, 0.1) is 12.2 Å². The van der Waals surface area contributed by atoms with Crippen molar-refractivity contribution in [3.05, 3.63) is 0 Å². The van der Waals surface area contributed by atoms with Gasteiger partial charge in [0, 0.05) is 4.75 Å². The Morgan fingerprint density at radius 1 is 1.64 bits per heavy atom. The first kappa shape index (κ1) is 9.41. The van der Waals surface area contributed by atoms with Crippen LogP contribution in [0.3, 0.4) is 0 Å². The van der Waals surface area contributed by atoms with Gasteiger partial charge in [-0.05, 0) is 11.7 Å². The summed E-state index contributed by atoms with van der Waals surface area (Å²) in [5.41, 5.74) is 0. The molecule has 0 spiro atoms. The van der Waals surface area contributed by atoms with Gasteiger partial charge in [-0.1, -0.05) is 20.8 Å². The van der Waals surface area contributed by atoms with E-state index in [1.54, 1.807) is 0 Å². The van der Waals surface area contributed by atoms with Gasteiger partial charge in [-0.2, -0.15) is 23.2 Å². The average Bonchev–Trinajstić information content (AvgIpc) is 1.83. The highest BCUT2D eigenvalue weighted by Crippen LogP contribution is 2.43. The molecule has 3 heteroatoms. The molecule has 0 bridgehead atoms. The standard InChI is InChI=1S/C8H13BS2/c1-5-9-10-7(2)6-8(3,4)11-9/h1,7H,6H2,2-4H3. The van der Waals surface area contributed by atoms with Crippen LogP contribution in [0.2, 0.25) is 0 Å². The third-order valence-corrected chi connectivity index (χ3v) is 4.49. The Morgan fingerprint density at radius 2 is 2.27 bits per heavy atom. The van der Waals surface area contributed by atoms with E-state index in [-0.39, 0.29) is 0 Å². The van der Waals surface area contributed by atoms with Gasteiger partial charge in [0.25, 0.3) is 0 Å². The Bertz CT molecular complexity index is 183. The first-order chi connectivity index (χ1) is 5.03. The third-order valence-electron chi connectivity index (χ3n) is 1.70. The van der Waals surface area contributed by atoms with Crippen molar-refractivity contribution in [3.8, 4) is 12.2 Å². The summed E-state index contributed by atoms with van der Waals surface area (Å²) in [7, 11) is 0. The van der Waals surface area contributed by atoms with Crippen LogP contribution in [0.5, 0.6) is 0 Å². The first-order valence-corrected chi connectivity index (χ1v) is 5.65. The molecule has 1 heterocycles. The zero-order valence-corrected chi connectivity index (χ0v) is 8.89. The maximum absolute atomic E-state index is 5.39. The SMILES string of the molecule is C#CB1SC(C)CC(C)(C)S1. The Hall–Kier alpha value is 0.325. The van der Waals surface area contributed by atoms with Crippen LogP contribution in [-0.4, -0.2) is 15.3 Å². The zero-order valence-electron chi connectivity index (χ0n) is 7.26. The van der Waals surface area contributed by atoms with Gasteiger partial charge < -0.3 is 0 Å². The smallest absolute Gasteiger partial charge is 0.178 e. The Morgan fingerprint density at radius 3 is 2.73 bits per heavy atom. The predicted molar refractivity (Wildman–Crippen MR) is 57.9 cm³/mol. The van der Waals surface area contributed by atoms with Gasteiger partial charge in [-0.15, -0.1) is 12.2 Å². The van der Waals surface area contributed by atoms with Gasteiger partial charge in [0.2, 0.25) is 0 Å². The highest BCUT2D eigenvalue weighted by Gasteiger charge is 2.34. The van der Waals surface area contributed by atoms with Crippen molar-refractivity contribution in [2.24, 2.45) is 0 Å². The molecule has 0 aromatic rings. The minimum Gasteiger partial charge on any atom is -0.178 e. The van der Waals surface area contributed by atoms with Crippen LogP contribution in [0.1, 0.15) is 27.2 Å². The van der Waals surface area contributed by atoms with Gasteiger partial charge in [-0.25, -0.2) is 0 Å². The molecule has 1 aliphatic heterocycles. The Balaban J connectivity index is 2.60. The molecule has 1 unspecified atom stereocenters. The summed E-state index contributed by atoms with van der Waals surface area (Å²) >= 11 is 3.83. The average molecular weight is 184 g/mol. The van der Waals surface area contributed by atoms with Crippen LogP contribution in [-0.2, 0) is 0 Å². The number of hydrogen-bond acceptors (Lipinski definition) is 2. The molecule has 0 aromatic carbocycles. The Labute approximate surface area is 78.2 Å². The lowest BCUT2D eigenvalue weighted by atomic mass is 10.1. The zero-order chi connectivity index (χ0) is 8.48. The summed E-state index contributed by atoms with van der Waals surface area (Å²) in [5.74, 6) is 2.82. The molecule has 0 N–H and O–H groups in total. The van der Waals surface area contributed by atoms with E-state index >= 15 is 0 Å². The lowest BCUT2D eigenvalue weighted by Crippen LogP contribution is -2.30. The van der Waals surface area contributed by atoms with Crippen LogP contribution < -0.4 is 0 Å². The number of hydrogen-bond donors (Lipinski definition) is 0. The van der Waals surface area contributed by atoms with Crippen LogP contribution in [0.15, 0.2) is 0 Å². The molecule has 1 aliphatic rings. The molecule has 11 heavy (non-hydrogen) atoms. The monoisotopic (exact) mass is 184 g/mol. The fraction of sp³-hybridized carbons (Fsp3) is 0.750. The maximum atomic E-state index is 5.39. The fourth-order valence-electron chi connectivity index (χ4n) is 1.39. The van der Waals surface area contributed by atoms with E-state index < -0.39 is 0 Å². The summed E-state index contributed by atoms with van der Waals surface area (Å²) in [6, 6.07) is 0. The topological polar surface area (TPSA) is 0 Å². The molecule has 0 aromatic heterocycles. The van der Waals surface area contributed by atoms with E-state index in [0.717, 1.165) is 0 Å². The Kier molecular flexibility index (Phi) is 2.88. The van der Waals surface area contributed by atoms with Crippen molar-refractivity contribution in [3.63, 3.8) is 0 Å². The van der Waals surface area contributed by atoms with Crippen LogP contribution >= 0.6 is 23.2 Å². The highest BCUT2D eigenvalue weighted by atomic mass is 32.2. The molecule has 0 amide bonds. The van der Waals surface area contributed by atoms with Crippen LogP contribution in [0.25, 0.3) is 0 Å². The van der Waals surface area contributed by atoms with Gasteiger partial charge in [-0.3, -0.25) is 0 Å². The quantitative estimate of drug-likeness (QED) is 0.419. The second-order valence-corrected chi connectivity index (χ2v) is 7.19. The summed E-state index contributed by atoms with van der Waals surface area (Å²) < 4.78 is 0.377. The summed E-state index contributed by atoms with van der Waals surface area (Å²) in [4.78, 5) is 0. The molecular weight excluding hydrogens is 171 g/mol. The molecule has 60 valence electrons. The van der Waals surface area contributed by atoms with E-state index in [2.05, 4.69) is 26.6 Å². The third kappa shape index (κ3) is 2.69. The van der Waals surface area contributed by atoms with E-state index in [1.165, 1.54) is 6.42 Å². The molecule has 0 saturated carbocycles. The van der Waals surface area contributed by atoms with Gasteiger partial charge in [0.1, 0.15) is 0 Å². The molecule has 0 radical (unpaired) electrons. The van der Waals surface area contributed by atoms with Crippen molar-refractivity contribution < 1.29 is 0 Å². The van der Waals surface area contributed by atoms with Crippen molar-refractivity contribution in [1.29, 1.82) is 0 Å². The molecule has 0 nitrogen and oxygen atoms in total. The summed E-state index contributed by atoms with van der Waals surface area (Å²) in [6.07, 6.45) is 6.66. The molecular formula is C8H13BS2. The largest absolute Gasteiger partial charge is 0.360 e. The van der Waals surface area contributed by atoms with Gasteiger partial charge in [0.05, 0.1) is 0 Å². The molecule has 0 aliphatic carbocycles. The van der Waals surface area contributed by atoms with E-state index in [0.29, 0.717) is 15.3 Å². The van der Waals surface area contributed by atoms with Crippen molar-refractivity contribution in [1.82, 2.24) is 0 Å². The minimum atomic E-state index is 0.369. The van der Waals surface area contributed by atoms with Gasteiger partial charge in [0.15, 0.2) is 0 Å². The second-order valence-electron chi connectivity index (χ2n) is 3.53. The van der Waals surface area contributed by atoms with Crippen molar-refractivity contribution in [2.45, 2.75) is 37.2 Å². The molecule has 1 atom stereocenters. The van der Waals surface area contributed by atoms with Gasteiger partial charge >= 0.3 is 5.27 Å². The molecule has 1 saturated heterocycles. The van der Waals surface area contributed by atoms with E-state index in [9.17, 15) is 0 Å². The molecule has 1 rings (SSSR count). The number of rotatable bonds is 0. The van der Waals surface area contributed by atoms with Crippen molar-refractivity contribution in [2.75, 3.05) is 0 Å². The van der Waals surface area contributed by atoms with E-state index in [1.807, 2.05) is 23.2 Å². The summed E-state index contributed by atoms with van der Waals surface area (Å²) in [6.45, 7) is 6.81. The van der Waals surface area contributed by atoms with Crippen molar-refractivity contribution >= 4 is 28.5 Å². The highest BCUT2D eigenvalue weighted by molar-refractivity contribution is 8.56. The minimum absolute atomic E-state index is 0.369. The lowest BCUT2D eigenvalue weighted by molar-refractivity contribution is 0.640. The first-order valence-electron chi connectivity index (χ1n) is 3.83. The van der Waals surface area contributed by atoms with Crippen LogP contribution in [0.4, 0.5) is 0 Å². The number of terminal acetylenes is 1. The normalized spacial score (nSPS) is 29.6. The molecule has 1 fully saturated rings. The lowest BCUT2D eigenvalue weighted by Gasteiger charge is -2.34. The van der Waals surface area contributed by atoms with E-state index in [4.69, 9.17) is 6.42 Å². The summed E-state index contributed by atoms with van der Waals surface area (Å²) in [5, 5.41) is 1.08.